The Balaban J connectivity index is 2.28. The summed E-state index contributed by atoms with van der Waals surface area (Å²) in [5.41, 5.74) is 2.38. The molecule has 1 unspecified atom stereocenters. The van der Waals surface area contributed by atoms with E-state index in [2.05, 4.69) is 31.2 Å². The van der Waals surface area contributed by atoms with Gasteiger partial charge in [0, 0.05) is 13.1 Å². The van der Waals surface area contributed by atoms with Gasteiger partial charge < -0.3 is 5.32 Å². The highest BCUT2D eigenvalue weighted by atomic mass is 15.3. The van der Waals surface area contributed by atoms with Gasteiger partial charge in [-0.25, -0.2) is 0 Å². The molecule has 0 spiro atoms. The number of unbranched alkanes of at least 4 members (excludes halogenated alkanes) is 3. The molecule has 0 aliphatic heterocycles. The van der Waals surface area contributed by atoms with Gasteiger partial charge in [0.15, 0.2) is 0 Å². The summed E-state index contributed by atoms with van der Waals surface area (Å²) in [5.74, 6) is 0. The van der Waals surface area contributed by atoms with Crippen LogP contribution >= 0.6 is 0 Å². The van der Waals surface area contributed by atoms with Gasteiger partial charge in [-0.05, 0) is 20.3 Å². The second-order valence-corrected chi connectivity index (χ2v) is 4.66. The van der Waals surface area contributed by atoms with E-state index in [1.54, 1.807) is 0 Å². The summed E-state index contributed by atoms with van der Waals surface area (Å²) in [7, 11) is 1.98. The maximum atomic E-state index is 4.23. The van der Waals surface area contributed by atoms with Gasteiger partial charge in [-0.2, -0.15) is 5.10 Å². The van der Waals surface area contributed by atoms with E-state index in [0.717, 1.165) is 0 Å². The average molecular weight is 223 g/mol. The van der Waals surface area contributed by atoms with Crippen LogP contribution in [0.15, 0.2) is 6.20 Å². The third-order valence-electron chi connectivity index (χ3n) is 3.13. The van der Waals surface area contributed by atoms with Crippen molar-refractivity contribution in [2.75, 3.05) is 5.32 Å². The summed E-state index contributed by atoms with van der Waals surface area (Å²) in [6, 6.07) is 0.541. The van der Waals surface area contributed by atoms with E-state index < -0.39 is 0 Å². The fourth-order valence-electron chi connectivity index (χ4n) is 1.86. The molecule has 3 nitrogen and oxygen atoms in total. The van der Waals surface area contributed by atoms with Gasteiger partial charge in [0.25, 0.3) is 0 Å². The molecule has 16 heavy (non-hydrogen) atoms. The van der Waals surface area contributed by atoms with Crippen LogP contribution in [0.2, 0.25) is 0 Å². The zero-order chi connectivity index (χ0) is 12.0. The molecule has 0 radical (unpaired) electrons. The summed E-state index contributed by atoms with van der Waals surface area (Å²) in [6.07, 6.45) is 8.50. The average Bonchev–Trinajstić information content (AvgIpc) is 2.56. The minimum atomic E-state index is 0.541. The Labute approximate surface area is 99.2 Å². The number of rotatable bonds is 7. The van der Waals surface area contributed by atoms with E-state index in [4.69, 9.17) is 0 Å². The Kier molecular flexibility index (Phi) is 5.36. The maximum Gasteiger partial charge on any atom is 0.0758 e. The van der Waals surface area contributed by atoms with Crippen LogP contribution in [0.1, 0.15) is 51.6 Å². The van der Waals surface area contributed by atoms with Crippen molar-refractivity contribution in [2.24, 2.45) is 7.05 Å². The molecule has 0 fully saturated rings. The maximum absolute atomic E-state index is 4.23. The third kappa shape index (κ3) is 3.87. The molecular formula is C13H25N3. The molecule has 92 valence electrons. The Hall–Kier alpha value is -0.990. The molecule has 0 aromatic carbocycles. The van der Waals surface area contributed by atoms with Crippen molar-refractivity contribution in [3.63, 3.8) is 0 Å². The van der Waals surface area contributed by atoms with E-state index in [0.29, 0.717) is 6.04 Å². The molecule has 1 rings (SSSR count). The Morgan fingerprint density at radius 2 is 2.12 bits per heavy atom. The van der Waals surface area contributed by atoms with Crippen molar-refractivity contribution in [1.29, 1.82) is 0 Å². The van der Waals surface area contributed by atoms with E-state index in [9.17, 15) is 0 Å². The Morgan fingerprint density at radius 1 is 1.38 bits per heavy atom. The topological polar surface area (TPSA) is 29.9 Å². The SMILES string of the molecule is CCCCCCC(C)Nc1cnn(C)c1C. The number of nitrogens with zero attached hydrogens (tertiary/aromatic N) is 2. The smallest absolute Gasteiger partial charge is 0.0758 e. The number of aryl methyl sites for hydroxylation is 1. The third-order valence-corrected chi connectivity index (χ3v) is 3.13. The number of hydrogen-bond acceptors (Lipinski definition) is 2. The normalized spacial score (nSPS) is 12.8. The van der Waals surface area contributed by atoms with Crippen LogP contribution in [0.5, 0.6) is 0 Å². The molecule has 3 heteroatoms. The van der Waals surface area contributed by atoms with Gasteiger partial charge >= 0.3 is 0 Å². The number of aromatic nitrogens is 2. The van der Waals surface area contributed by atoms with E-state index in [-0.39, 0.29) is 0 Å². The molecule has 1 aromatic heterocycles. The van der Waals surface area contributed by atoms with Gasteiger partial charge in [-0.3, -0.25) is 4.68 Å². The number of hydrogen-bond donors (Lipinski definition) is 1. The molecule has 0 saturated heterocycles. The predicted molar refractivity (Wildman–Crippen MR) is 69.8 cm³/mol. The minimum Gasteiger partial charge on any atom is -0.380 e. The molecule has 0 saturated carbocycles. The zero-order valence-corrected chi connectivity index (χ0v) is 11.1. The van der Waals surface area contributed by atoms with Crippen molar-refractivity contribution < 1.29 is 0 Å². The molecule has 0 amide bonds. The van der Waals surface area contributed by atoms with Gasteiger partial charge in [-0.15, -0.1) is 0 Å². The molecular weight excluding hydrogens is 198 g/mol. The standard InChI is InChI=1S/C13H25N3/c1-5-6-7-8-9-11(2)15-13-10-14-16(4)12(13)3/h10-11,15H,5-9H2,1-4H3. The van der Waals surface area contributed by atoms with E-state index >= 15 is 0 Å². The van der Waals surface area contributed by atoms with Crippen molar-refractivity contribution >= 4 is 5.69 Å². The summed E-state index contributed by atoms with van der Waals surface area (Å²) >= 11 is 0. The van der Waals surface area contributed by atoms with Crippen molar-refractivity contribution in [2.45, 2.75) is 58.9 Å². The molecule has 1 aromatic rings. The molecule has 1 atom stereocenters. The van der Waals surface area contributed by atoms with Crippen LogP contribution in [-0.4, -0.2) is 15.8 Å². The fraction of sp³-hybridized carbons (Fsp3) is 0.769. The van der Waals surface area contributed by atoms with Crippen LogP contribution < -0.4 is 5.32 Å². The van der Waals surface area contributed by atoms with Crippen LogP contribution in [-0.2, 0) is 7.05 Å². The second-order valence-electron chi connectivity index (χ2n) is 4.66. The quantitative estimate of drug-likeness (QED) is 0.717. The molecule has 0 aliphatic carbocycles. The first-order valence-electron chi connectivity index (χ1n) is 6.40. The van der Waals surface area contributed by atoms with Crippen molar-refractivity contribution in [1.82, 2.24) is 9.78 Å². The van der Waals surface area contributed by atoms with Gasteiger partial charge in [-0.1, -0.05) is 32.6 Å². The lowest BCUT2D eigenvalue weighted by molar-refractivity contribution is 0.593. The highest BCUT2D eigenvalue weighted by molar-refractivity contribution is 5.46. The van der Waals surface area contributed by atoms with Crippen molar-refractivity contribution in [3.05, 3.63) is 11.9 Å². The summed E-state index contributed by atoms with van der Waals surface area (Å²) in [5, 5.41) is 7.76. The Bertz CT molecular complexity index is 304. The zero-order valence-electron chi connectivity index (χ0n) is 11.1. The molecule has 0 aliphatic rings. The highest BCUT2D eigenvalue weighted by Gasteiger charge is 2.06. The summed E-state index contributed by atoms with van der Waals surface area (Å²) in [6.45, 7) is 6.60. The van der Waals surface area contributed by atoms with Crippen LogP contribution in [0.25, 0.3) is 0 Å². The predicted octanol–water partition coefficient (Wildman–Crippen LogP) is 3.50. The summed E-state index contributed by atoms with van der Waals surface area (Å²) in [4.78, 5) is 0. The van der Waals surface area contributed by atoms with Crippen LogP contribution in [0, 0.1) is 6.92 Å². The second kappa shape index (κ2) is 6.56. The monoisotopic (exact) mass is 223 g/mol. The largest absolute Gasteiger partial charge is 0.380 e. The van der Waals surface area contributed by atoms with Gasteiger partial charge in [0.1, 0.15) is 0 Å². The fourth-order valence-corrected chi connectivity index (χ4v) is 1.86. The number of nitrogens with one attached hydrogen (secondary N) is 1. The van der Waals surface area contributed by atoms with Crippen LogP contribution in [0.4, 0.5) is 5.69 Å². The minimum absolute atomic E-state index is 0.541. The molecule has 0 bridgehead atoms. The van der Waals surface area contributed by atoms with Gasteiger partial charge in [0.2, 0.25) is 0 Å². The first kappa shape index (κ1) is 13.1. The van der Waals surface area contributed by atoms with E-state index in [1.807, 2.05) is 17.9 Å². The highest BCUT2D eigenvalue weighted by Crippen LogP contribution is 2.15. The lowest BCUT2D eigenvalue weighted by Gasteiger charge is -2.14. The lowest BCUT2D eigenvalue weighted by Crippen LogP contribution is -2.15. The number of anilines is 1. The molecule has 1 N–H and O–H groups in total. The lowest BCUT2D eigenvalue weighted by atomic mass is 10.1. The van der Waals surface area contributed by atoms with Gasteiger partial charge in [0.05, 0.1) is 17.6 Å². The van der Waals surface area contributed by atoms with E-state index in [1.165, 1.54) is 43.5 Å². The van der Waals surface area contributed by atoms with Crippen molar-refractivity contribution in [3.8, 4) is 0 Å². The van der Waals surface area contributed by atoms with Crippen LogP contribution in [0.3, 0.4) is 0 Å². The first-order valence-corrected chi connectivity index (χ1v) is 6.40. The molecule has 1 heterocycles. The first-order chi connectivity index (χ1) is 7.65. The Morgan fingerprint density at radius 3 is 2.69 bits per heavy atom. The summed E-state index contributed by atoms with van der Waals surface area (Å²) < 4.78 is 1.91.